The Kier molecular flexibility index (Phi) is 6.61. The van der Waals surface area contributed by atoms with Crippen molar-refractivity contribution in [1.82, 2.24) is 14.2 Å². The largest absolute Gasteiger partial charge is 0.481 e. The molecule has 7 heteroatoms. The molecular formula is C22H31N3O3S. The van der Waals surface area contributed by atoms with Crippen molar-refractivity contribution >= 4 is 10.0 Å². The van der Waals surface area contributed by atoms with Crippen molar-refractivity contribution in [2.75, 3.05) is 26.7 Å². The monoisotopic (exact) mass is 417 g/mol. The number of rotatable bonds is 6. The lowest BCUT2D eigenvalue weighted by atomic mass is 9.90. The van der Waals surface area contributed by atoms with Gasteiger partial charge in [0.15, 0.2) is 0 Å². The van der Waals surface area contributed by atoms with Gasteiger partial charge in [-0.1, -0.05) is 38.1 Å². The molecule has 0 radical (unpaired) electrons. The minimum atomic E-state index is -3.63. The molecule has 1 fully saturated rings. The second kappa shape index (κ2) is 8.81. The SMILES string of the molecule is COc1cc(S(=O)(=O)N2CCN(C(C)C)C(c3ccccc3C(C)C)C2)ccn1. The summed E-state index contributed by atoms with van der Waals surface area (Å²) in [6.45, 7) is 10.3. The molecule has 1 aromatic heterocycles. The molecule has 1 unspecified atom stereocenters. The first kappa shape index (κ1) is 21.7. The summed E-state index contributed by atoms with van der Waals surface area (Å²) in [4.78, 5) is 6.66. The molecule has 0 bridgehead atoms. The molecule has 6 nitrogen and oxygen atoms in total. The highest BCUT2D eigenvalue weighted by Crippen LogP contribution is 2.34. The summed E-state index contributed by atoms with van der Waals surface area (Å²) in [6.07, 6.45) is 1.47. The van der Waals surface area contributed by atoms with Crippen molar-refractivity contribution in [2.45, 2.75) is 50.6 Å². The number of benzene rings is 1. The molecule has 0 aliphatic carbocycles. The summed E-state index contributed by atoms with van der Waals surface area (Å²) in [5.74, 6) is 0.672. The van der Waals surface area contributed by atoms with E-state index in [1.54, 1.807) is 4.31 Å². The minimum Gasteiger partial charge on any atom is -0.481 e. The van der Waals surface area contributed by atoms with Crippen LogP contribution in [0.2, 0.25) is 0 Å². The normalized spacial score (nSPS) is 19.1. The van der Waals surface area contributed by atoms with E-state index in [0.717, 1.165) is 0 Å². The van der Waals surface area contributed by atoms with Gasteiger partial charge in [0.1, 0.15) is 0 Å². The summed E-state index contributed by atoms with van der Waals surface area (Å²) in [6, 6.07) is 11.7. The molecule has 1 aromatic carbocycles. The van der Waals surface area contributed by atoms with Crippen molar-refractivity contribution in [3.8, 4) is 5.88 Å². The molecule has 1 atom stereocenters. The molecule has 0 saturated carbocycles. The molecule has 0 amide bonds. The molecule has 158 valence electrons. The molecule has 29 heavy (non-hydrogen) atoms. The third-order valence-electron chi connectivity index (χ3n) is 5.58. The number of sulfonamides is 1. The fourth-order valence-electron chi connectivity index (χ4n) is 4.04. The van der Waals surface area contributed by atoms with Crippen LogP contribution in [0.5, 0.6) is 5.88 Å². The quantitative estimate of drug-likeness (QED) is 0.718. The maximum atomic E-state index is 13.4. The van der Waals surface area contributed by atoms with Gasteiger partial charge in [0.2, 0.25) is 15.9 Å². The number of methoxy groups -OCH3 is 1. The summed E-state index contributed by atoms with van der Waals surface area (Å²) in [5.41, 5.74) is 2.48. The van der Waals surface area contributed by atoms with E-state index in [1.165, 1.54) is 36.6 Å². The average Bonchev–Trinajstić information content (AvgIpc) is 2.73. The van der Waals surface area contributed by atoms with Gasteiger partial charge in [-0.15, -0.1) is 0 Å². The molecular weight excluding hydrogens is 386 g/mol. The lowest BCUT2D eigenvalue weighted by Gasteiger charge is -2.44. The Morgan fingerprint density at radius 1 is 1.10 bits per heavy atom. The molecule has 2 aromatic rings. The zero-order valence-electron chi connectivity index (χ0n) is 17.9. The lowest BCUT2D eigenvalue weighted by molar-refractivity contribution is 0.0867. The first-order chi connectivity index (χ1) is 13.8. The third-order valence-corrected chi connectivity index (χ3v) is 7.44. The molecule has 1 aliphatic heterocycles. The molecule has 0 N–H and O–H groups in total. The van der Waals surface area contributed by atoms with Crippen LogP contribution in [0.3, 0.4) is 0 Å². The smallest absolute Gasteiger partial charge is 0.243 e. The van der Waals surface area contributed by atoms with Gasteiger partial charge in [-0.3, -0.25) is 4.90 Å². The molecule has 2 heterocycles. The number of piperazine rings is 1. The molecule has 0 spiro atoms. The van der Waals surface area contributed by atoms with Crippen LogP contribution in [0.1, 0.15) is 50.8 Å². The van der Waals surface area contributed by atoms with Crippen LogP contribution in [0.15, 0.2) is 47.5 Å². The van der Waals surface area contributed by atoms with Crippen LogP contribution in [0.25, 0.3) is 0 Å². The second-order valence-corrected chi connectivity index (χ2v) is 9.97. The minimum absolute atomic E-state index is 0.0147. The first-order valence-electron chi connectivity index (χ1n) is 10.1. The van der Waals surface area contributed by atoms with E-state index >= 15 is 0 Å². The Bertz CT molecular complexity index is 944. The number of pyridine rings is 1. The summed E-state index contributed by atoms with van der Waals surface area (Å²) in [7, 11) is -2.15. The fraction of sp³-hybridized carbons (Fsp3) is 0.500. The van der Waals surface area contributed by atoms with E-state index in [9.17, 15) is 8.42 Å². The third kappa shape index (κ3) is 4.47. The highest BCUT2D eigenvalue weighted by atomic mass is 32.2. The zero-order valence-corrected chi connectivity index (χ0v) is 18.7. The Morgan fingerprint density at radius 3 is 2.48 bits per heavy atom. The van der Waals surface area contributed by atoms with Gasteiger partial charge >= 0.3 is 0 Å². The highest BCUT2D eigenvalue weighted by Gasteiger charge is 2.37. The van der Waals surface area contributed by atoms with E-state index in [2.05, 4.69) is 55.8 Å². The second-order valence-electron chi connectivity index (χ2n) is 8.03. The topological polar surface area (TPSA) is 62.7 Å². The van der Waals surface area contributed by atoms with E-state index in [1.807, 2.05) is 6.07 Å². The highest BCUT2D eigenvalue weighted by molar-refractivity contribution is 7.89. The van der Waals surface area contributed by atoms with Gasteiger partial charge in [0, 0.05) is 44.0 Å². The van der Waals surface area contributed by atoms with Crippen LogP contribution < -0.4 is 4.74 Å². The fourth-order valence-corrected chi connectivity index (χ4v) is 5.48. The zero-order chi connectivity index (χ0) is 21.2. The van der Waals surface area contributed by atoms with E-state index in [-0.39, 0.29) is 10.9 Å². The van der Waals surface area contributed by atoms with Crippen LogP contribution in [0, 0.1) is 0 Å². The predicted molar refractivity (Wildman–Crippen MR) is 115 cm³/mol. The molecule has 1 saturated heterocycles. The number of hydrogen-bond donors (Lipinski definition) is 0. The van der Waals surface area contributed by atoms with Gasteiger partial charge in [-0.2, -0.15) is 4.31 Å². The van der Waals surface area contributed by atoms with Gasteiger partial charge in [0.05, 0.1) is 12.0 Å². The standard InChI is InChI=1S/C22H31N3O3S/c1-16(2)19-8-6-7-9-20(19)21-15-24(12-13-25(21)17(3)4)29(26,27)18-10-11-23-22(14-18)28-5/h6-11,14,16-17,21H,12-13,15H2,1-5H3. The Labute approximate surface area is 174 Å². The maximum Gasteiger partial charge on any atom is 0.243 e. The Hall–Kier alpha value is -1.96. The van der Waals surface area contributed by atoms with Crippen LogP contribution in [-0.4, -0.2) is 55.4 Å². The van der Waals surface area contributed by atoms with Crippen molar-refractivity contribution in [1.29, 1.82) is 0 Å². The van der Waals surface area contributed by atoms with E-state index in [4.69, 9.17) is 4.74 Å². The molecule has 1 aliphatic rings. The van der Waals surface area contributed by atoms with E-state index in [0.29, 0.717) is 37.5 Å². The van der Waals surface area contributed by atoms with Gasteiger partial charge in [-0.05, 0) is 37.0 Å². The van der Waals surface area contributed by atoms with Gasteiger partial charge in [0.25, 0.3) is 0 Å². The number of hydrogen-bond acceptors (Lipinski definition) is 5. The van der Waals surface area contributed by atoms with Crippen molar-refractivity contribution in [3.63, 3.8) is 0 Å². The predicted octanol–water partition coefficient (Wildman–Crippen LogP) is 3.67. The average molecular weight is 418 g/mol. The summed E-state index contributed by atoms with van der Waals surface area (Å²) >= 11 is 0. The van der Waals surface area contributed by atoms with Crippen molar-refractivity contribution in [3.05, 3.63) is 53.7 Å². The number of nitrogens with zero attached hydrogens (tertiary/aromatic N) is 3. The number of ether oxygens (including phenoxy) is 1. The summed E-state index contributed by atoms with van der Waals surface area (Å²) in [5, 5.41) is 0. The van der Waals surface area contributed by atoms with Crippen molar-refractivity contribution < 1.29 is 13.2 Å². The van der Waals surface area contributed by atoms with E-state index < -0.39 is 10.0 Å². The maximum absolute atomic E-state index is 13.4. The molecule has 3 rings (SSSR count). The Morgan fingerprint density at radius 2 is 1.83 bits per heavy atom. The van der Waals surface area contributed by atoms with Crippen LogP contribution >= 0.6 is 0 Å². The van der Waals surface area contributed by atoms with Crippen LogP contribution in [0.4, 0.5) is 0 Å². The first-order valence-corrected chi connectivity index (χ1v) is 11.5. The van der Waals surface area contributed by atoms with Crippen molar-refractivity contribution in [2.24, 2.45) is 0 Å². The Balaban J connectivity index is 1.98. The van der Waals surface area contributed by atoms with Gasteiger partial charge < -0.3 is 4.74 Å². The van der Waals surface area contributed by atoms with Crippen LogP contribution in [-0.2, 0) is 10.0 Å². The van der Waals surface area contributed by atoms with Gasteiger partial charge in [-0.25, -0.2) is 13.4 Å². The summed E-state index contributed by atoms with van der Waals surface area (Å²) < 4.78 is 33.4. The number of aromatic nitrogens is 1. The lowest BCUT2D eigenvalue weighted by Crippen LogP contribution is -2.52.